The first-order chi connectivity index (χ1) is 7.13. The van der Waals surface area contributed by atoms with Gasteiger partial charge in [0.2, 0.25) is 0 Å². The van der Waals surface area contributed by atoms with E-state index in [1.807, 2.05) is 6.07 Å². The van der Waals surface area contributed by atoms with Crippen LogP contribution in [0, 0.1) is 5.41 Å². The number of nitrogens with zero attached hydrogens (tertiary/aromatic N) is 1. The summed E-state index contributed by atoms with van der Waals surface area (Å²) >= 11 is 6.84. The van der Waals surface area contributed by atoms with Crippen molar-refractivity contribution in [1.82, 2.24) is 4.98 Å². The molecule has 1 fully saturated rings. The molecule has 1 aliphatic carbocycles. The fraction of sp³-hybridized carbons (Fsp3) is 0.500. The molecule has 0 aliphatic heterocycles. The van der Waals surface area contributed by atoms with Crippen molar-refractivity contribution in [3.8, 4) is 0 Å². The van der Waals surface area contributed by atoms with Crippen LogP contribution in [0.2, 0.25) is 0 Å². The van der Waals surface area contributed by atoms with Crippen molar-refractivity contribution < 1.29 is 5.11 Å². The number of nitrogens with two attached hydrogens (primary N) is 1. The summed E-state index contributed by atoms with van der Waals surface area (Å²) in [7, 11) is 0. The minimum Gasteiger partial charge on any atom is -0.396 e. The van der Waals surface area contributed by atoms with Crippen LogP contribution in [0.3, 0.4) is 0 Å². The van der Waals surface area contributed by atoms with Gasteiger partial charge in [0, 0.05) is 33.0 Å². The summed E-state index contributed by atoms with van der Waals surface area (Å²) in [6.07, 6.45) is 2.70. The zero-order valence-corrected chi connectivity index (χ0v) is 11.3. The molecule has 3 nitrogen and oxygen atoms in total. The summed E-state index contributed by atoms with van der Waals surface area (Å²) in [6, 6.07) is 1.97. The lowest BCUT2D eigenvalue weighted by molar-refractivity contribution is 0.211. The van der Waals surface area contributed by atoms with Crippen LogP contribution >= 0.6 is 31.9 Å². The van der Waals surface area contributed by atoms with Gasteiger partial charge in [-0.05, 0) is 44.3 Å². The van der Waals surface area contributed by atoms with Crippen LogP contribution < -0.4 is 5.73 Å². The van der Waals surface area contributed by atoms with E-state index in [2.05, 4.69) is 36.8 Å². The molecular formula is C10H12Br2N2O. The van der Waals surface area contributed by atoms with E-state index < -0.39 is 0 Å². The molecule has 1 saturated carbocycles. The lowest BCUT2D eigenvalue weighted by atomic mass is 10.0. The minimum absolute atomic E-state index is 0.136. The van der Waals surface area contributed by atoms with E-state index in [9.17, 15) is 5.11 Å². The maximum Gasteiger partial charge on any atom is 0.0584 e. The van der Waals surface area contributed by atoms with Crippen molar-refractivity contribution in [2.24, 2.45) is 11.1 Å². The van der Waals surface area contributed by atoms with E-state index >= 15 is 0 Å². The van der Waals surface area contributed by atoms with Gasteiger partial charge in [0.1, 0.15) is 0 Å². The molecule has 0 spiro atoms. The van der Waals surface area contributed by atoms with Gasteiger partial charge < -0.3 is 10.8 Å². The van der Waals surface area contributed by atoms with Crippen LogP contribution in [-0.4, -0.2) is 23.2 Å². The topological polar surface area (TPSA) is 59.1 Å². The molecule has 0 saturated heterocycles. The molecule has 0 aromatic carbocycles. The lowest BCUT2D eigenvalue weighted by Gasteiger charge is -2.11. The van der Waals surface area contributed by atoms with Gasteiger partial charge >= 0.3 is 0 Å². The van der Waals surface area contributed by atoms with Crippen molar-refractivity contribution in [3.05, 3.63) is 26.9 Å². The van der Waals surface area contributed by atoms with Crippen LogP contribution in [0.5, 0.6) is 0 Å². The van der Waals surface area contributed by atoms with Crippen molar-refractivity contribution >= 4 is 31.9 Å². The van der Waals surface area contributed by atoms with Gasteiger partial charge in [-0.1, -0.05) is 0 Å². The molecule has 1 aromatic heterocycles. The number of aliphatic hydroxyl groups excluding tert-OH is 1. The lowest BCUT2D eigenvalue weighted by Crippen LogP contribution is -2.21. The van der Waals surface area contributed by atoms with Gasteiger partial charge in [0.05, 0.1) is 12.3 Å². The summed E-state index contributed by atoms with van der Waals surface area (Å²) in [4.78, 5) is 4.37. The first-order valence-electron chi connectivity index (χ1n) is 4.75. The van der Waals surface area contributed by atoms with Crippen molar-refractivity contribution in [2.45, 2.75) is 12.3 Å². The zero-order chi connectivity index (χ0) is 11.1. The van der Waals surface area contributed by atoms with Crippen molar-refractivity contribution in [3.63, 3.8) is 0 Å². The normalized spacial score (nSPS) is 29.2. The third kappa shape index (κ3) is 1.98. The fourth-order valence-corrected chi connectivity index (χ4v) is 3.14. The number of aromatic nitrogens is 1. The Morgan fingerprint density at radius 2 is 2.33 bits per heavy atom. The second-order valence-corrected chi connectivity index (χ2v) is 5.77. The first-order valence-corrected chi connectivity index (χ1v) is 6.33. The average Bonchev–Trinajstić information content (AvgIpc) is 2.93. The van der Waals surface area contributed by atoms with Crippen molar-refractivity contribution in [2.75, 3.05) is 13.2 Å². The quantitative estimate of drug-likeness (QED) is 0.888. The smallest absolute Gasteiger partial charge is 0.0584 e. The Balaban J connectivity index is 2.26. The van der Waals surface area contributed by atoms with Gasteiger partial charge in [-0.25, -0.2) is 0 Å². The highest BCUT2D eigenvalue weighted by molar-refractivity contribution is 9.11. The Bertz CT molecular complexity index is 380. The SMILES string of the molecule is NCC1(CO)CC1c1ncc(Br)cc1Br. The van der Waals surface area contributed by atoms with Gasteiger partial charge in [-0.2, -0.15) is 0 Å². The molecule has 1 aliphatic rings. The highest BCUT2D eigenvalue weighted by Crippen LogP contribution is 2.58. The molecule has 2 rings (SSSR count). The summed E-state index contributed by atoms with van der Waals surface area (Å²) in [6.45, 7) is 0.650. The summed E-state index contributed by atoms with van der Waals surface area (Å²) in [5.74, 6) is 0.287. The maximum atomic E-state index is 9.30. The van der Waals surface area contributed by atoms with Gasteiger partial charge in [-0.15, -0.1) is 0 Å². The van der Waals surface area contributed by atoms with E-state index in [-0.39, 0.29) is 17.9 Å². The largest absolute Gasteiger partial charge is 0.396 e. The standard InChI is InChI=1S/C10H12Br2N2O/c11-6-1-8(12)9(14-3-6)7-2-10(7,4-13)5-15/h1,3,7,15H,2,4-5,13H2. The van der Waals surface area contributed by atoms with Crippen LogP contribution in [0.1, 0.15) is 18.0 Å². The van der Waals surface area contributed by atoms with Crippen molar-refractivity contribution in [1.29, 1.82) is 0 Å². The molecule has 0 amide bonds. The number of pyridine rings is 1. The number of aliphatic hydroxyl groups is 1. The number of hydrogen-bond acceptors (Lipinski definition) is 3. The number of halogens is 2. The van der Waals surface area contributed by atoms with Gasteiger partial charge in [0.25, 0.3) is 0 Å². The summed E-state index contributed by atoms with van der Waals surface area (Å²) < 4.78 is 1.92. The van der Waals surface area contributed by atoms with E-state index in [1.54, 1.807) is 6.20 Å². The Morgan fingerprint density at radius 3 is 2.80 bits per heavy atom. The second-order valence-electron chi connectivity index (χ2n) is 4.00. The molecule has 1 aromatic rings. The third-order valence-electron chi connectivity index (χ3n) is 3.08. The van der Waals surface area contributed by atoms with Crippen LogP contribution in [0.25, 0.3) is 0 Å². The third-order valence-corrected chi connectivity index (χ3v) is 4.15. The molecule has 2 unspecified atom stereocenters. The fourth-order valence-electron chi connectivity index (χ4n) is 1.88. The van der Waals surface area contributed by atoms with Crippen LogP contribution in [0.4, 0.5) is 0 Å². The Kier molecular flexibility index (Phi) is 3.17. The van der Waals surface area contributed by atoms with Crippen LogP contribution in [-0.2, 0) is 0 Å². The number of hydrogen-bond donors (Lipinski definition) is 2. The monoisotopic (exact) mass is 334 g/mol. The first kappa shape index (κ1) is 11.5. The molecule has 2 atom stereocenters. The Labute approximate surface area is 105 Å². The highest BCUT2D eigenvalue weighted by atomic mass is 79.9. The maximum absolute atomic E-state index is 9.30. The number of rotatable bonds is 3. The molecular weight excluding hydrogens is 324 g/mol. The van der Waals surface area contributed by atoms with Gasteiger partial charge in [0.15, 0.2) is 0 Å². The van der Waals surface area contributed by atoms with E-state index in [4.69, 9.17) is 5.73 Å². The molecule has 1 heterocycles. The zero-order valence-electron chi connectivity index (χ0n) is 8.08. The highest BCUT2D eigenvalue weighted by Gasteiger charge is 2.54. The van der Waals surface area contributed by atoms with E-state index in [1.165, 1.54) is 0 Å². The molecule has 3 N–H and O–H groups in total. The predicted octanol–water partition coefficient (Wildman–Crippen LogP) is 2.03. The Morgan fingerprint density at radius 1 is 1.60 bits per heavy atom. The van der Waals surface area contributed by atoms with Gasteiger partial charge in [-0.3, -0.25) is 4.98 Å². The molecule has 15 heavy (non-hydrogen) atoms. The van der Waals surface area contributed by atoms with E-state index in [0.29, 0.717) is 6.54 Å². The van der Waals surface area contributed by atoms with E-state index in [0.717, 1.165) is 21.1 Å². The predicted molar refractivity (Wildman–Crippen MR) is 65.6 cm³/mol. The molecule has 0 bridgehead atoms. The summed E-state index contributed by atoms with van der Waals surface area (Å²) in [5, 5.41) is 9.30. The average molecular weight is 336 g/mol. The van der Waals surface area contributed by atoms with Crippen LogP contribution in [0.15, 0.2) is 21.2 Å². The second kappa shape index (κ2) is 4.13. The molecule has 0 radical (unpaired) electrons. The minimum atomic E-state index is -0.136. The Hall–Kier alpha value is 0.0300. The molecule has 5 heteroatoms. The molecule has 82 valence electrons. The summed E-state index contributed by atoms with van der Waals surface area (Å²) in [5.41, 5.74) is 6.54.